The van der Waals surface area contributed by atoms with Crippen LogP contribution in [0.2, 0.25) is 0 Å². The van der Waals surface area contributed by atoms with Gasteiger partial charge in [-0.15, -0.1) is 0 Å². The van der Waals surface area contributed by atoms with E-state index in [0.29, 0.717) is 11.4 Å². The zero-order chi connectivity index (χ0) is 15.2. The Hall–Kier alpha value is -1.74. The van der Waals surface area contributed by atoms with Crippen molar-refractivity contribution < 1.29 is 13.2 Å². The van der Waals surface area contributed by atoms with Gasteiger partial charge in [-0.2, -0.15) is 5.26 Å². The van der Waals surface area contributed by atoms with Gasteiger partial charge in [-0.05, 0) is 31.9 Å². The maximum atomic E-state index is 12.0. The largest absolute Gasteiger partial charge is 0.491 e. The summed E-state index contributed by atoms with van der Waals surface area (Å²) in [6.07, 6.45) is 1.17. The Morgan fingerprint density at radius 3 is 2.60 bits per heavy atom. The highest BCUT2D eigenvalue weighted by Gasteiger charge is 2.23. The molecule has 0 aliphatic rings. The van der Waals surface area contributed by atoms with Gasteiger partial charge in [-0.25, -0.2) is 8.42 Å². The maximum Gasteiger partial charge on any atom is 0.249 e. The van der Waals surface area contributed by atoms with Crippen molar-refractivity contribution in [3.8, 4) is 11.8 Å². The van der Waals surface area contributed by atoms with Crippen LogP contribution in [-0.4, -0.2) is 19.8 Å². The summed E-state index contributed by atoms with van der Waals surface area (Å²) in [5.41, 5.74) is 0.402. The first-order chi connectivity index (χ1) is 9.42. The number of nitrogens with one attached hydrogen (secondary N) is 1. The molecule has 110 valence electrons. The minimum atomic E-state index is -3.69. The molecule has 0 radical (unpaired) electrons. The molecule has 0 spiro atoms. The summed E-state index contributed by atoms with van der Waals surface area (Å²) in [6, 6.07) is 8.52. The van der Waals surface area contributed by atoms with Gasteiger partial charge in [-0.1, -0.05) is 19.9 Å². The Bertz CT molecular complexity index is 578. The zero-order valence-corrected chi connectivity index (χ0v) is 12.8. The number of nitrogens with zero attached hydrogens (tertiary/aromatic N) is 1. The average Bonchev–Trinajstić information content (AvgIpc) is 2.39. The molecular weight excluding hydrogens is 276 g/mol. The average molecular weight is 296 g/mol. The molecule has 1 aromatic carbocycles. The lowest BCUT2D eigenvalue weighted by atomic mass is 10.3. The fourth-order valence-electron chi connectivity index (χ4n) is 1.56. The summed E-state index contributed by atoms with van der Waals surface area (Å²) in [5.74, 6) is 0.601. The van der Waals surface area contributed by atoms with Crippen LogP contribution in [0.1, 0.15) is 33.6 Å². The molecule has 20 heavy (non-hydrogen) atoms. The van der Waals surface area contributed by atoms with Crippen molar-refractivity contribution in [2.24, 2.45) is 0 Å². The van der Waals surface area contributed by atoms with Crippen LogP contribution >= 0.6 is 0 Å². The van der Waals surface area contributed by atoms with Gasteiger partial charge in [0.05, 0.1) is 17.9 Å². The maximum absolute atomic E-state index is 12.0. The molecule has 0 saturated heterocycles. The molecule has 2 atom stereocenters. The van der Waals surface area contributed by atoms with E-state index in [4.69, 9.17) is 10.00 Å². The van der Waals surface area contributed by atoms with Crippen molar-refractivity contribution in [3.63, 3.8) is 0 Å². The quantitative estimate of drug-likeness (QED) is 0.839. The Balaban J connectivity index is 2.89. The predicted molar refractivity (Wildman–Crippen MR) is 79.1 cm³/mol. The molecule has 0 heterocycles. The Kier molecular flexibility index (Phi) is 5.83. The molecule has 1 aromatic rings. The third-order valence-corrected chi connectivity index (χ3v) is 4.60. The minimum Gasteiger partial charge on any atom is -0.491 e. The van der Waals surface area contributed by atoms with Gasteiger partial charge in [0, 0.05) is 6.07 Å². The van der Waals surface area contributed by atoms with Crippen LogP contribution < -0.4 is 9.46 Å². The van der Waals surface area contributed by atoms with Crippen molar-refractivity contribution in [3.05, 3.63) is 24.3 Å². The number of ether oxygens (including phenoxy) is 1. The fourth-order valence-corrected chi connectivity index (χ4v) is 2.74. The first-order valence-corrected chi connectivity index (χ1v) is 8.15. The second-order valence-electron chi connectivity index (χ2n) is 4.54. The molecule has 6 heteroatoms. The van der Waals surface area contributed by atoms with Crippen molar-refractivity contribution in [2.45, 2.75) is 45.0 Å². The van der Waals surface area contributed by atoms with Crippen molar-refractivity contribution in [2.75, 3.05) is 4.72 Å². The fraction of sp³-hybridized carbons (Fsp3) is 0.500. The summed E-state index contributed by atoms with van der Waals surface area (Å²) < 4.78 is 32.0. The molecular formula is C14H20N2O3S. The monoisotopic (exact) mass is 296 g/mol. The molecule has 0 amide bonds. The van der Waals surface area contributed by atoms with Gasteiger partial charge in [0.25, 0.3) is 0 Å². The van der Waals surface area contributed by atoms with Gasteiger partial charge in [0.2, 0.25) is 10.0 Å². The molecule has 0 aliphatic carbocycles. The summed E-state index contributed by atoms with van der Waals surface area (Å²) in [6.45, 7) is 5.62. The Morgan fingerprint density at radius 2 is 2.05 bits per heavy atom. The normalized spacial score (nSPS) is 14.1. The third-order valence-electron chi connectivity index (χ3n) is 2.90. The second-order valence-corrected chi connectivity index (χ2v) is 6.40. The predicted octanol–water partition coefficient (Wildman–Crippen LogP) is 2.91. The highest BCUT2D eigenvalue weighted by Crippen LogP contribution is 2.21. The molecule has 5 nitrogen and oxygen atoms in total. The number of hydrogen-bond donors (Lipinski definition) is 1. The topological polar surface area (TPSA) is 79.2 Å². The molecule has 0 aliphatic heterocycles. The Morgan fingerprint density at radius 1 is 1.35 bits per heavy atom. The first kappa shape index (κ1) is 16.3. The molecule has 0 saturated carbocycles. The number of rotatable bonds is 7. The van der Waals surface area contributed by atoms with Gasteiger partial charge in [-0.3, -0.25) is 4.72 Å². The summed E-state index contributed by atoms with van der Waals surface area (Å²) in [7, 11) is -3.69. The van der Waals surface area contributed by atoms with E-state index < -0.39 is 15.3 Å². The van der Waals surface area contributed by atoms with Crippen LogP contribution in [-0.2, 0) is 10.0 Å². The highest BCUT2D eigenvalue weighted by molar-refractivity contribution is 7.93. The summed E-state index contributed by atoms with van der Waals surface area (Å²) in [4.78, 5) is 0. The number of nitriles is 1. The smallest absolute Gasteiger partial charge is 0.249 e. The second kappa shape index (κ2) is 7.15. The van der Waals surface area contributed by atoms with Crippen LogP contribution in [0.4, 0.5) is 5.69 Å². The summed E-state index contributed by atoms with van der Waals surface area (Å²) in [5, 5.41) is 7.80. The molecule has 0 bridgehead atoms. The third kappa shape index (κ3) is 4.42. The van der Waals surface area contributed by atoms with Crippen molar-refractivity contribution in [1.29, 1.82) is 5.26 Å². The highest BCUT2D eigenvalue weighted by atomic mass is 32.2. The van der Waals surface area contributed by atoms with Gasteiger partial charge < -0.3 is 4.74 Å². The number of anilines is 1. The van der Waals surface area contributed by atoms with Gasteiger partial charge >= 0.3 is 0 Å². The number of sulfonamides is 1. The van der Waals surface area contributed by atoms with Crippen LogP contribution in [0.3, 0.4) is 0 Å². The molecule has 1 N–H and O–H groups in total. The van der Waals surface area contributed by atoms with Gasteiger partial charge in [0.15, 0.2) is 5.25 Å². The van der Waals surface area contributed by atoms with Crippen LogP contribution in [0.25, 0.3) is 0 Å². The molecule has 2 unspecified atom stereocenters. The lowest BCUT2D eigenvalue weighted by Crippen LogP contribution is -2.25. The number of hydrogen-bond acceptors (Lipinski definition) is 4. The van der Waals surface area contributed by atoms with Crippen molar-refractivity contribution >= 4 is 15.7 Å². The number of benzene rings is 1. The van der Waals surface area contributed by atoms with E-state index in [1.807, 2.05) is 13.8 Å². The lowest BCUT2D eigenvalue weighted by Gasteiger charge is -2.15. The van der Waals surface area contributed by atoms with Gasteiger partial charge in [0.1, 0.15) is 5.75 Å². The van der Waals surface area contributed by atoms with E-state index in [0.717, 1.165) is 6.42 Å². The molecule has 1 rings (SSSR count). The van der Waals surface area contributed by atoms with E-state index in [1.165, 1.54) is 0 Å². The van der Waals surface area contributed by atoms with Crippen LogP contribution in [0, 0.1) is 11.3 Å². The molecule has 0 aromatic heterocycles. The SMILES string of the molecule is CCC(C)Oc1cccc(NS(=O)(=O)C(C#N)CC)c1. The lowest BCUT2D eigenvalue weighted by molar-refractivity contribution is 0.217. The van der Waals surface area contributed by atoms with Crippen LogP contribution in [0.15, 0.2) is 24.3 Å². The standard InChI is InChI=1S/C14H20N2O3S/c1-4-11(3)19-13-8-6-7-12(9-13)16-20(17,18)14(5-2)10-15/h6-9,11,14,16H,4-5H2,1-3H3. The van der Waals surface area contributed by atoms with E-state index >= 15 is 0 Å². The summed E-state index contributed by atoms with van der Waals surface area (Å²) >= 11 is 0. The molecule has 0 fully saturated rings. The Labute approximate surface area is 120 Å². The van der Waals surface area contributed by atoms with Crippen molar-refractivity contribution in [1.82, 2.24) is 0 Å². The van der Waals surface area contributed by atoms with E-state index in [2.05, 4.69) is 4.72 Å². The first-order valence-electron chi connectivity index (χ1n) is 6.60. The minimum absolute atomic E-state index is 0.0596. The van der Waals surface area contributed by atoms with E-state index in [9.17, 15) is 8.42 Å². The van der Waals surface area contributed by atoms with Crippen LogP contribution in [0.5, 0.6) is 5.75 Å². The van der Waals surface area contributed by atoms with E-state index in [-0.39, 0.29) is 12.5 Å². The zero-order valence-electron chi connectivity index (χ0n) is 12.0. The van der Waals surface area contributed by atoms with E-state index in [1.54, 1.807) is 37.3 Å².